The molecule has 0 amide bonds. The Morgan fingerprint density at radius 2 is 2.20 bits per heavy atom. The summed E-state index contributed by atoms with van der Waals surface area (Å²) in [5, 5.41) is 0. The van der Waals surface area contributed by atoms with Crippen molar-refractivity contribution in [3.63, 3.8) is 0 Å². The molecule has 1 aliphatic rings. The molecule has 0 spiro atoms. The Kier molecular flexibility index (Phi) is 5.86. The Labute approximate surface area is 123 Å². The van der Waals surface area contributed by atoms with Crippen molar-refractivity contribution in [2.45, 2.75) is 45.2 Å². The van der Waals surface area contributed by atoms with Gasteiger partial charge in [0.1, 0.15) is 12.4 Å². The molecule has 20 heavy (non-hydrogen) atoms. The maximum absolute atomic E-state index is 5.84. The standard InChI is InChI=1S/C17H28N2O/c1-14-5-3-7-16(11-14)19(2)9-10-20-17-8-4-6-15(12-17)13-18/h4,6,8,12,14,16H,3,5,7,9-11,13,18H2,1-2H3. The third-order valence-corrected chi connectivity index (χ3v) is 4.38. The zero-order chi connectivity index (χ0) is 14.4. The largest absolute Gasteiger partial charge is 0.492 e. The van der Waals surface area contributed by atoms with Gasteiger partial charge in [-0.15, -0.1) is 0 Å². The van der Waals surface area contributed by atoms with Gasteiger partial charge in [-0.2, -0.15) is 0 Å². The molecular formula is C17H28N2O. The van der Waals surface area contributed by atoms with Crippen LogP contribution in [0.15, 0.2) is 24.3 Å². The monoisotopic (exact) mass is 276 g/mol. The number of hydrogen-bond donors (Lipinski definition) is 1. The van der Waals surface area contributed by atoms with Crippen molar-refractivity contribution in [3.05, 3.63) is 29.8 Å². The average molecular weight is 276 g/mol. The first-order chi connectivity index (χ1) is 9.69. The van der Waals surface area contributed by atoms with Crippen LogP contribution in [0.5, 0.6) is 5.75 Å². The lowest BCUT2D eigenvalue weighted by atomic mass is 9.86. The Bertz CT molecular complexity index is 408. The lowest BCUT2D eigenvalue weighted by Gasteiger charge is -2.34. The highest BCUT2D eigenvalue weighted by Crippen LogP contribution is 2.26. The third-order valence-electron chi connectivity index (χ3n) is 4.38. The van der Waals surface area contributed by atoms with E-state index in [1.807, 2.05) is 24.3 Å². The van der Waals surface area contributed by atoms with E-state index in [1.165, 1.54) is 25.7 Å². The van der Waals surface area contributed by atoms with Gasteiger partial charge < -0.3 is 15.4 Å². The second-order valence-electron chi connectivity index (χ2n) is 6.11. The Balaban J connectivity index is 1.74. The molecule has 0 bridgehead atoms. The molecule has 112 valence electrons. The number of benzene rings is 1. The maximum Gasteiger partial charge on any atom is 0.119 e. The molecule has 2 atom stereocenters. The van der Waals surface area contributed by atoms with E-state index in [4.69, 9.17) is 10.5 Å². The predicted octanol–water partition coefficient (Wildman–Crippen LogP) is 3.03. The number of ether oxygens (including phenoxy) is 1. The smallest absolute Gasteiger partial charge is 0.119 e. The summed E-state index contributed by atoms with van der Waals surface area (Å²) in [5.74, 6) is 1.80. The van der Waals surface area contributed by atoms with Crippen LogP contribution < -0.4 is 10.5 Å². The molecule has 1 aromatic carbocycles. The van der Waals surface area contributed by atoms with Gasteiger partial charge in [-0.05, 0) is 43.5 Å². The molecule has 3 heteroatoms. The van der Waals surface area contributed by atoms with Crippen LogP contribution in [0.2, 0.25) is 0 Å². The van der Waals surface area contributed by atoms with Crippen molar-refractivity contribution in [1.29, 1.82) is 0 Å². The molecule has 2 unspecified atom stereocenters. The summed E-state index contributed by atoms with van der Waals surface area (Å²) in [4.78, 5) is 2.46. The minimum absolute atomic E-state index is 0.567. The van der Waals surface area contributed by atoms with Gasteiger partial charge >= 0.3 is 0 Å². The Morgan fingerprint density at radius 3 is 2.95 bits per heavy atom. The molecular weight excluding hydrogens is 248 g/mol. The highest BCUT2D eigenvalue weighted by molar-refractivity contribution is 5.28. The first kappa shape index (κ1) is 15.3. The fraction of sp³-hybridized carbons (Fsp3) is 0.647. The first-order valence-electron chi connectivity index (χ1n) is 7.81. The first-order valence-corrected chi connectivity index (χ1v) is 7.81. The van der Waals surface area contributed by atoms with E-state index >= 15 is 0 Å². The molecule has 0 saturated heterocycles. The molecule has 2 N–H and O–H groups in total. The van der Waals surface area contributed by atoms with Crippen LogP contribution in [0, 0.1) is 5.92 Å². The number of rotatable bonds is 6. The van der Waals surface area contributed by atoms with Gasteiger partial charge in [-0.25, -0.2) is 0 Å². The van der Waals surface area contributed by atoms with Gasteiger partial charge in [-0.1, -0.05) is 31.9 Å². The van der Waals surface area contributed by atoms with E-state index in [9.17, 15) is 0 Å². The van der Waals surface area contributed by atoms with Gasteiger partial charge in [-0.3, -0.25) is 0 Å². The summed E-state index contributed by atoms with van der Waals surface area (Å²) in [5.41, 5.74) is 6.76. The topological polar surface area (TPSA) is 38.5 Å². The van der Waals surface area contributed by atoms with Crippen molar-refractivity contribution < 1.29 is 4.74 Å². The number of hydrogen-bond acceptors (Lipinski definition) is 3. The summed E-state index contributed by atoms with van der Waals surface area (Å²) in [6.07, 6.45) is 5.44. The quantitative estimate of drug-likeness (QED) is 0.868. The van der Waals surface area contributed by atoms with Gasteiger partial charge in [0.15, 0.2) is 0 Å². The lowest BCUT2D eigenvalue weighted by Crippen LogP contribution is -2.37. The summed E-state index contributed by atoms with van der Waals surface area (Å²) >= 11 is 0. The van der Waals surface area contributed by atoms with Gasteiger partial charge in [0, 0.05) is 19.1 Å². The van der Waals surface area contributed by atoms with Gasteiger partial charge in [0.25, 0.3) is 0 Å². The predicted molar refractivity (Wildman–Crippen MR) is 83.9 cm³/mol. The molecule has 0 radical (unpaired) electrons. The van der Waals surface area contributed by atoms with Crippen LogP contribution in [-0.4, -0.2) is 31.1 Å². The van der Waals surface area contributed by atoms with Gasteiger partial charge in [0.2, 0.25) is 0 Å². The number of nitrogens with two attached hydrogens (primary N) is 1. The summed E-state index contributed by atoms with van der Waals surface area (Å²) < 4.78 is 5.84. The van der Waals surface area contributed by atoms with E-state index in [0.717, 1.165) is 36.4 Å². The van der Waals surface area contributed by atoms with E-state index in [-0.39, 0.29) is 0 Å². The maximum atomic E-state index is 5.84. The highest BCUT2D eigenvalue weighted by atomic mass is 16.5. The molecule has 1 fully saturated rings. The number of nitrogens with zero attached hydrogens (tertiary/aromatic N) is 1. The van der Waals surface area contributed by atoms with Crippen molar-refractivity contribution in [2.75, 3.05) is 20.2 Å². The van der Waals surface area contributed by atoms with E-state index < -0.39 is 0 Å². The van der Waals surface area contributed by atoms with Crippen LogP contribution in [0.1, 0.15) is 38.2 Å². The van der Waals surface area contributed by atoms with Crippen molar-refractivity contribution in [1.82, 2.24) is 4.90 Å². The van der Waals surface area contributed by atoms with Crippen LogP contribution >= 0.6 is 0 Å². The highest BCUT2D eigenvalue weighted by Gasteiger charge is 2.21. The minimum atomic E-state index is 0.567. The van der Waals surface area contributed by atoms with Crippen LogP contribution in [0.4, 0.5) is 0 Å². The van der Waals surface area contributed by atoms with E-state index in [0.29, 0.717) is 6.54 Å². The summed E-state index contributed by atoms with van der Waals surface area (Å²) in [7, 11) is 2.22. The molecule has 1 saturated carbocycles. The molecule has 0 heterocycles. The van der Waals surface area contributed by atoms with E-state index in [1.54, 1.807) is 0 Å². The second kappa shape index (κ2) is 7.65. The van der Waals surface area contributed by atoms with Gasteiger partial charge in [0.05, 0.1) is 0 Å². The molecule has 2 rings (SSSR count). The Morgan fingerprint density at radius 1 is 1.35 bits per heavy atom. The third kappa shape index (κ3) is 4.50. The van der Waals surface area contributed by atoms with Crippen molar-refractivity contribution in [3.8, 4) is 5.75 Å². The average Bonchev–Trinajstić information content (AvgIpc) is 2.47. The molecule has 0 aromatic heterocycles. The zero-order valence-electron chi connectivity index (χ0n) is 12.8. The normalized spacial score (nSPS) is 23.0. The number of likely N-dealkylation sites (N-methyl/N-ethyl adjacent to an activating group) is 1. The van der Waals surface area contributed by atoms with E-state index in [2.05, 4.69) is 18.9 Å². The van der Waals surface area contributed by atoms with Crippen LogP contribution in [-0.2, 0) is 6.54 Å². The molecule has 0 aliphatic heterocycles. The summed E-state index contributed by atoms with van der Waals surface area (Å²) in [6, 6.07) is 8.80. The van der Waals surface area contributed by atoms with Crippen molar-refractivity contribution in [2.24, 2.45) is 11.7 Å². The van der Waals surface area contributed by atoms with Crippen LogP contribution in [0.25, 0.3) is 0 Å². The lowest BCUT2D eigenvalue weighted by molar-refractivity contribution is 0.141. The second-order valence-corrected chi connectivity index (χ2v) is 6.11. The summed E-state index contributed by atoms with van der Waals surface area (Å²) in [6.45, 7) is 4.67. The minimum Gasteiger partial charge on any atom is -0.492 e. The van der Waals surface area contributed by atoms with Crippen molar-refractivity contribution >= 4 is 0 Å². The zero-order valence-corrected chi connectivity index (χ0v) is 12.8. The molecule has 3 nitrogen and oxygen atoms in total. The van der Waals surface area contributed by atoms with Crippen LogP contribution in [0.3, 0.4) is 0 Å². The molecule has 1 aliphatic carbocycles. The molecule has 1 aromatic rings. The SMILES string of the molecule is CC1CCCC(N(C)CCOc2cccc(CN)c2)C1. The fourth-order valence-corrected chi connectivity index (χ4v) is 3.05. The fourth-order valence-electron chi connectivity index (χ4n) is 3.05. The Hall–Kier alpha value is -1.06.